The van der Waals surface area contributed by atoms with E-state index in [2.05, 4.69) is 5.32 Å². The second kappa shape index (κ2) is 5.76. The first-order valence-corrected chi connectivity index (χ1v) is 7.06. The number of benzene rings is 1. The van der Waals surface area contributed by atoms with Crippen molar-refractivity contribution in [2.75, 3.05) is 19.8 Å². The Bertz CT molecular complexity index is 475. The van der Waals surface area contributed by atoms with Gasteiger partial charge in [0.2, 0.25) is 0 Å². The fourth-order valence-electron chi connectivity index (χ4n) is 3.00. The average molecular weight is 283 g/mol. The van der Waals surface area contributed by atoms with Crippen LogP contribution in [0.4, 0.5) is 8.78 Å². The molecule has 2 atom stereocenters. The van der Waals surface area contributed by atoms with Gasteiger partial charge in [-0.05, 0) is 31.0 Å². The van der Waals surface area contributed by atoms with E-state index in [0.717, 1.165) is 31.9 Å². The van der Waals surface area contributed by atoms with E-state index in [1.807, 2.05) is 0 Å². The van der Waals surface area contributed by atoms with Crippen molar-refractivity contribution in [3.63, 3.8) is 0 Å². The van der Waals surface area contributed by atoms with Gasteiger partial charge < -0.3 is 14.8 Å². The minimum Gasteiger partial charge on any atom is -0.378 e. The number of nitrogens with one attached hydrogen (secondary N) is 1. The number of ether oxygens (including phenoxy) is 2. The van der Waals surface area contributed by atoms with Crippen LogP contribution in [-0.4, -0.2) is 31.5 Å². The van der Waals surface area contributed by atoms with Crippen LogP contribution < -0.4 is 5.32 Å². The minimum atomic E-state index is -0.407. The lowest BCUT2D eigenvalue weighted by atomic mass is 9.89. The van der Waals surface area contributed by atoms with Crippen LogP contribution in [0, 0.1) is 11.6 Å². The molecule has 2 saturated heterocycles. The van der Waals surface area contributed by atoms with E-state index in [1.54, 1.807) is 0 Å². The van der Waals surface area contributed by atoms with E-state index in [9.17, 15) is 8.78 Å². The third kappa shape index (κ3) is 3.00. The molecule has 2 fully saturated rings. The van der Waals surface area contributed by atoms with E-state index in [4.69, 9.17) is 9.47 Å². The molecule has 2 aliphatic heterocycles. The summed E-state index contributed by atoms with van der Waals surface area (Å²) in [5, 5.41) is 3.31. The summed E-state index contributed by atoms with van der Waals surface area (Å²) in [5.41, 5.74) is 0.198. The molecule has 0 bridgehead atoms. The Balaban J connectivity index is 1.59. The summed E-state index contributed by atoms with van der Waals surface area (Å²) in [6.45, 7) is 2.41. The van der Waals surface area contributed by atoms with Gasteiger partial charge in [-0.25, -0.2) is 8.78 Å². The van der Waals surface area contributed by atoms with E-state index in [0.29, 0.717) is 25.3 Å². The summed E-state index contributed by atoms with van der Waals surface area (Å²) in [7, 11) is 0. The molecule has 2 aliphatic rings. The van der Waals surface area contributed by atoms with Crippen molar-refractivity contribution in [1.29, 1.82) is 0 Å². The maximum atomic E-state index is 13.6. The Labute approximate surface area is 117 Å². The van der Waals surface area contributed by atoms with Gasteiger partial charge >= 0.3 is 0 Å². The third-order valence-electron chi connectivity index (χ3n) is 4.15. The van der Waals surface area contributed by atoms with Crippen LogP contribution >= 0.6 is 0 Å². The lowest BCUT2D eigenvalue weighted by molar-refractivity contribution is -0.0894. The predicted molar refractivity (Wildman–Crippen MR) is 70.3 cm³/mol. The fourth-order valence-corrected chi connectivity index (χ4v) is 3.00. The smallest absolute Gasteiger partial charge is 0.127 e. The van der Waals surface area contributed by atoms with Crippen LogP contribution in [0.15, 0.2) is 18.2 Å². The van der Waals surface area contributed by atoms with E-state index >= 15 is 0 Å². The summed E-state index contributed by atoms with van der Waals surface area (Å²) >= 11 is 0. The molecule has 0 aromatic heterocycles. The average Bonchev–Trinajstić information content (AvgIpc) is 2.88. The molecular weight excluding hydrogens is 264 g/mol. The van der Waals surface area contributed by atoms with Crippen molar-refractivity contribution in [3.8, 4) is 0 Å². The Morgan fingerprint density at radius 2 is 2.20 bits per heavy atom. The van der Waals surface area contributed by atoms with Crippen LogP contribution in [0.2, 0.25) is 0 Å². The number of halogens is 2. The quantitative estimate of drug-likeness (QED) is 0.924. The topological polar surface area (TPSA) is 30.5 Å². The SMILES string of the molecule is Fc1ccc(F)c(CNC2CCOC3(CCOC3)C2)c1. The van der Waals surface area contributed by atoms with Crippen molar-refractivity contribution in [3.05, 3.63) is 35.4 Å². The van der Waals surface area contributed by atoms with Crippen LogP contribution in [0.3, 0.4) is 0 Å². The summed E-state index contributed by atoms with van der Waals surface area (Å²) in [4.78, 5) is 0. The van der Waals surface area contributed by atoms with E-state index < -0.39 is 5.82 Å². The predicted octanol–water partition coefficient (Wildman–Crippen LogP) is 2.39. The molecule has 0 amide bonds. The van der Waals surface area contributed by atoms with E-state index in [-0.39, 0.29) is 17.5 Å². The molecule has 20 heavy (non-hydrogen) atoms. The molecule has 1 aromatic carbocycles. The highest BCUT2D eigenvalue weighted by Crippen LogP contribution is 2.32. The van der Waals surface area contributed by atoms with Crippen LogP contribution in [0.1, 0.15) is 24.8 Å². The van der Waals surface area contributed by atoms with Gasteiger partial charge in [0.15, 0.2) is 0 Å². The Morgan fingerprint density at radius 1 is 1.30 bits per heavy atom. The molecule has 2 unspecified atom stereocenters. The minimum absolute atomic E-state index is 0.170. The molecule has 0 saturated carbocycles. The van der Waals surface area contributed by atoms with Crippen molar-refractivity contribution >= 4 is 0 Å². The normalized spacial score (nSPS) is 30.0. The highest BCUT2D eigenvalue weighted by Gasteiger charge is 2.40. The largest absolute Gasteiger partial charge is 0.378 e. The first-order chi connectivity index (χ1) is 9.67. The van der Waals surface area contributed by atoms with Gasteiger partial charge in [0.1, 0.15) is 11.6 Å². The van der Waals surface area contributed by atoms with Crippen LogP contribution in [-0.2, 0) is 16.0 Å². The van der Waals surface area contributed by atoms with Crippen LogP contribution in [0.5, 0.6) is 0 Å². The second-order valence-electron chi connectivity index (χ2n) is 5.64. The van der Waals surface area contributed by atoms with Crippen molar-refractivity contribution < 1.29 is 18.3 Å². The molecule has 0 aliphatic carbocycles. The first-order valence-electron chi connectivity index (χ1n) is 7.06. The second-order valence-corrected chi connectivity index (χ2v) is 5.64. The van der Waals surface area contributed by atoms with Gasteiger partial charge in [0, 0.05) is 37.8 Å². The molecule has 110 valence electrons. The third-order valence-corrected chi connectivity index (χ3v) is 4.15. The molecule has 1 N–H and O–H groups in total. The molecule has 1 aromatic rings. The van der Waals surface area contributed by atoms with Crippen molar-refractivity contribution in [2.24, 2.45) is 0 Å². The van der Waals surface area contributed by atoms with Gasteiger partial charge in [-0.3, -0.25) is 0 Å². The summed E-state index contributed by atoms with van der Waals surface area (Å²) in [6.07, 6.45) is 2.67. The zero-order valence-electron chi connectivity index (χ0n) is 11.3. The Kier molecular flexibility index (Phi) is 4.01. The summed E-state index contributed by atoms with van der Waals surface area (Å²) < 4.78 is 38.0. The van der Waals surface area contributed by atoms with Gasteiger partial charge in [0.25, 0.3) is 0 Å². The van der Waals surface area contributed by atoms with Gasteiger partial charge in [-0.1, -0.05) is 0 Å². The van der Waals surface area contributed by atoms with Gasteiger partial charge in [0.05, 0.1) is 12.2 Å². The fraction of sp³-hybridized carbons (Fsp3) is 0.600. The first kappa shape index (κ1) is 13.9. The van der Waals surface area contributed by atoms with E-state index in [1.165, 1.54) is 12.1 Å². The van der Waals surface area contributed by atoms with Gasteiger partial charge in [-0.2, -0.15) is 0 Å². The van der Waals surface area contributed by atoms with Crippen molar-refractivity contribution in [2.45, 2.75) is 37.5 Å². The molecule has 3 nitrogen and oxygen atoms in total. The van der Waals surface area contributed by atoms with Gasteiger partial charge in [-0.15, -0.1) is 0 Å². The Morgan fingerprint density at radius 3 is 3.00 bits per heavy atom. The van der Waals surface area contributed by atoms with Crippen molar-refractivity contribution in [1.82, 2.24) is 5.32 Å². The zero-order valence-corrected chi connectivity index (χ0v) is 11.3. The molecule has 3 rings (SSSR count). The van der Waals surface area contributed by atoms with Crippen LogP contribution in [0.25, 0.3) is 0 Å². The summed E-state index contributed by atoms with van der Waals surface area (Å²) in [6, 6.07) is 3.81. The Hall–Kier alpha value is -1.04. The standard InChI is InChI=1S/C15H19F2NO2/c16-12-1-2-14(17)11(7-12)9-18-13-3-5-20-15(8-13)4-6-19-10-15/h1-2,7,13,18H,3-6,8-10H2. The molecule has 2 heterocycles. The maximum absolute atomic E-state index is 13.6. The lowest BCUT2D eigenvalue weighted by Gasteiger charge is -2.37. The molecule has 1 spiro atoms. The molecule has 0 radical (unpaired) electrons. The lowest BCUT2D eigenvalue weighted by Crippen LogP contribution is -2.47. The summed E-state index contributed by atoms with van der Waals surface area (Å²) in [5.74, 6) is -0.777. The molecule has 5 heteroatoms. The number of hydrogen-bond donors (Lipinski definition) is 1. The number of hydrogen-bond acceptors (Lipinski definition) is 3. The number of rotatable bonds is 3. The monoisotopic (exact) mass is 283 g/mol. The maximum Gasteiger partial charge on any atom is 0.127 e. The molecular formula is C15H19F2NO2. The zero-order chi connectivity index (χ0) is 14.0. The highest BCUT2D eigenvalue weighted by molar-refractivity contribution is 5.18. The highest BCUT2D eigenvalue weighted by atomic mass is 19.1.